The molecular weight excluding hydrogens is 216 g/mol. The number of carbonyl (C=O) groups is 1. The summed E-state index contributed by atoms with van der Waals surface area (Å²) in [7, 11) is 0. The van der Waals surface area contributed by atoms with Gasteiger partial charge in [0.05, 0.1) is 6.07 Å². The molecule has 0 saturated carbocycles. The first-order chi connectivity index (χ1) is 8.20. The topological polar surface area (TPSA) is 53.3 Å². The number of hydrogen-bond donors (Lipinski definition) is 0. The van der Waals surface area contributed by atoms with Crippen molar-refractivity contribution in [2.24, 2.45) is 5.41 Å². The average molecular weight is 238 g/mol. The van der Waals surface area contributed by atoms with Crippen molar-refractivity contribution < 1.29 is 9.53 Å². The van der Waals surface area contributed by atoms with E-state index in [9.17, 15) is 10.1 Å². The van der Waals surface area contributed by atoms with Crippen molar-refractivity contribution in [3.8, 4) is 6.07 Å². The molecule has 0 bridgehead atoms. The Balaban J connectivity index is 2.78. The Morgan fingerprint density at radius 2 is 1.82 bits per heavy atom. The Labute approximate surface area is 104 Å². The summed E-state index contributed by atoms with van der Waals surface area (Å²) in [5.74, 6) is 0.00648. The van der Waals surface area contributed by atoms with Gasteiger partial charge in [-0.3, -0.25) is 4.79 Å². The lowest BCUT2D eigenvalue weighted by Gasteiger charge is -2.34. The summed E-state index contributed by atoms with van der Waals surface area (Å²) in [4.78, 5) is 14.3. The molecule has 4 heteroatoms. The SMILES string of the molecule is CCCN(CCC)C(=O)C1(C#N)CCOCC1. The maximum Gasteiger partial charge on any atom is 0.243 e. The molecule has 1 aliphatic rings. The zero-order chi connectivity index (χ0) is 12.7. The third-order valence-corrected chi connectivity index (χ3v) is 3.24. The lowest BCUT2D eigenvalue weighted by atomic mass is 9.80. The number of nitriles is 1. The third-order valence-electron chi connectivity index (χ3n) is 3.24. The highest BCUT2D eigenvalue weighted by Crippen LogP contribution is 2.32. The van der Waals surface area contributed by atoms with Gasteiger partial charge in [0, 0.05) is 26.3 Å². The molecule has 0 aromatic rings. The van der Waals surface area contributed by atoms with Gasteiger partial charge in [-0.1, -0.05) is 13.8 Å². The lowest BCUT2D eigenvalue weighted by molar-refractivity contribution is -0.143. The van der Waals surface area contributed by atoms with Crippen LogP contribution in [0.5, 0.6) is 0 Å². The van der Waals surface area contributed by atoms with E-state index in [2.05, 4.69) is 19.9 Å². The van der Waals surface area contributed by atoms with Crippen LogP contribution < -0.4 is 0 Å². The molecule has 0 aromatic carbocycles. The van der Waals surface area contributed by atoms with Gasteiger partial charge in [0.2, 0.25) is 5.91 Å². The monoisotopic (exact) mass is 238 g/mol. The molecule has 0 aliphatic carbocycles. The molecule has 1 heterocycles. The molecule has 0 atom stereocenters. The number of carbonyl (C=O) groups excluding carboxylic acids is 1. The first kappa shape index (κ1) is 14.0. The first-order valence-electron chi connectivity index (χ1n) is 6.48. The normalized spacial score (nSPS) is 18.4. The molecule has 96 valence electrons. The van der Waals surface area contributed by atoms with Gasteiger partial charge in [-0.2, -0.15) is 5.26 Å². The van der Waals surface area contributed by atoms with E-state index in [1.54, 1.807) is 0 Å². The highest BCUT2D eigenvalue weighted by Gasteiger charge is 2.42. The molecule has 4 nitrogen and oxygen atoms in total. The van der Waals surface area contributed by atoms with Crippen molar-refractivity contribution in [3.63, 3.8) is 0 Å². The fourth-order valence-corrected chi connectivity index (χ4v) is 2.25. The summed E-state index contributed by atoms with van der Waals surface area (Å²) in [5.41, 5.74) is -0.831. The molecule has 1 fully saturated rings. The molecular formula is C13H22N2O2. The summed E-state index contributed by atoms with van der Waals surface area (Å²) in [5, 5.41) is 9.34. The van der Waals surface area contributed by atoms with Gasteiger partial charge >= 0.3 is 0 Å². The molecule has 0 radical (unpaired) electrons. The minimum absolute atomic E-state index is 0.00648. The highest BCUT2D eigenvalue weighted by molar-refractivity contribution is 5.85. The molecule has 1 saturated heterocycles. The lowest BCUT2D eigenvalue weighted by Crippen LogP contribution is -2.46. The number of nitrogens with zero attached hydrogens (tertiary/aromatic N) is 2. The van der Waals surface area contributed by atoms with E-state index in [1.165, 1.54) is 0 Å². The Bertz CT molecular complexity index is 284. The molecule has 1 rings (SSSR count). The van der Waals surface area contributed by atoms with Crippen LogP contribution in [0, 0.1) is 16.7 Å². The summed E-state index contributed by atoms with van der Waals surface area (Å²) in [6.45, 7) is 6.64. The summed E-state index contributed by atoms with van der Waals surface area (Å²) in [6.07, 6.45) is 2.94. The minimum atomic E-state index is -0.831. The molecule has 0 spiro atoms. The van der Waals surface area contributed by atoms with Crippen molar-refractivity contribution in [2.75, 3.05) is 26.3 Å². The molecule has 0 unspecified atom stereocenters. The second-order valence-electron chi connectivity index (χ2n) is 4.60. The fourth-order valence-electron chi connectivity index (χ4n) is 2.25. The summed E-state index contributed by atoms with van der Waals surface area (Å²) < 4.78 is 5.25. The van der Waals surface area contributed by atoms with Crippen LogP contribution >= 0.6 is 0 Å². The molecule has 1 amide bonds. The van der Waals surface area contributed by atoms with E-state index >= 15 is 0 Å². The number of ether oxygens (including phenoxy) is 1. The highest BCUT2D eigenvalue weighted by atomic mass is 16.5. The van der Waals surface area contributed by atoms with Crippen LogP contribution in [0.3, 0.4) is 0 Å². The number of amides is 1. The zero-order valence-electron chi connectivity index (χ0n) is 10.9. The largest absolute Gasteiger partial charge is 0.381 e. The quantitative estimate of drug-likeness (QED) is 0.735. The smallest absolute Gasteiger partial charge is 0.243 e. The van der Waals surface area contributed by atoms with Crippen molar-refractivity contribution >= 4 is 5.91 Å². The fraction of sp³-hybridized carbons (Fsp3) is 0.846. The molecule has 0 N–H and O–H groups in total. The Morgan fingerprint density at radius 1 is 1.29 bits per heavy atom. The molecule has 17 heavy (non-hydrogen) atoms. The average Bonchev–Trinajstić information content (AvgIpc) is 2.38. The van der Waals surface area contributed by atoms with Gasteiger partial charge in [0.25, 0.3) is 0 Å². The minimum Gasteiger partial charge on any atom is -0.381 e. The predicted molar refractivity (Wildman–Crippen MR) is 65.3 cm³/mol. The third kappa shape index (κ3) is 3.19. The standard InChI is InChI=1S/C13H22N2O2/c1-3-7-15(8-4-2)12(16)13(11-14)5-9-17-10-6-13/h3-10H2,1-2H3. The van der Waals surface area contributed by atoms with Crippen LogP contribution in [0.1, 0.15) is 39.5 Å². The van der Waals surface area contributed by atoms with Crippen molar-refractivity contribution in [1.29, 1.82) is 5.26 Å². The van der Waals surface area contributed by atoms with E-state index in [0.717, 1.165) is 25.9 Å². The van der Waals surface area contributed by atoms with E-state index in [-0.39, 0.29) is 5.91 Å². The Morgan fingerprint density at radius 3 is 2.24 bits per heavy atom. The summed E-state index contributed by atoms with van der Waals surface area (Å²) >= 11 is 0. The van der Waals surface area contributed by atoms with Gasteiger partial charge in [0.1, 0.15) is 5.41 Å². The molecule has 1 aliphatic heterocycles. The van der Waals surface area contributed by atoms with Crippen molar-refractivity contribution in [1.82, 2.24) is 4.90 Å². The van der Waals surface area contributed by atoms with Gasteiger partial charge in [-0.15, -0.1) is 0 Å². The predicted octanol–water partition coefficient (Wildman–Crippen LogP) is 1.96. The van der Waals surface area contributed by atoms with E-state index in [4.69, 9.17) is 4.74 Å². The van der Waals surface area contributed by atoms with E-state index in [0.29, 0.717) is 26.1 Å². The molecule has 0 aromatic heterocycles. The van der Waals surface area contributed by atoms with Crippen LogP contribution in [0.25, 0.3) is 0 Å². The first-order valence-corrected chi connectivity index (χ1v) is 6.48. The number of hydrogen-bond acceptors (Lipinski definition) is 3. The maximum absolute atomic E-state index is 12.5. The Hall–Kier alpha value is -1.08. The van der Waals surface area contributed by atoms with E-state index < -0.39 is 5.41 Å². The van der Waals surface area contributed by atoms with Crippen LogP contribution in [-0.2, 0) is 9.53 Å². The van der Waals surface area contributed by atoms with Gasteiger partial charge in [-0.25, -0.2) is 0 Å². The Kier molecular flexibility index (Phi) is 5.43. The van der Waals surface area contributed by atoms with Crippen molar-refractivity contribution in [3.05, 3.63) is 0 Å². The van der Waals surface area contributed by atoms with Crippen LogP contribution in [0.4, 0.5) is 0 Å². The van der Waals surface area contributed by atoms with Gasteiger partial charge in [0.15, 0.2) is 0 Å². The van der Waals surface area contributed by atoms with E-state index in [1.807, 2.05) is 4.90 Å². The van der Waals surface area contributed by atoms with Crippen molar-refractivity contribution in [2.45, 2.75) is 39.5 Å². The second kappa shape index (κ2) is 6.61. The van der Waals surface area contributed by atoms with Crippen LogP contribution in [0.2, 0.25) is 0 Å². The van der Waals surface area contributed by atoms with Gasteiger partial charge in [-0.05, 0) is 25.7 Å². The second-order valence-corrected chi connectivity index (χ2v) is 4.60. The number of rotatable bonds is 5. The van der Waals surface area contributed by atoms with Crippen LogP contribution in [-0.4, -0.2) is 37.1 Å². The van der Waals surface area contributed by atoms with Crippen LogP contribution in [0.15, 0.2) is 0 Å². The zero-order valence-corrected chi connectivity index (χ0v) is 10.9. The summed E-state index contributed by atoms with van der Waals surface area (Å²) in [6, 6.07) is 2.24. The van der Waals surface area contributed by atoms with Gasteiger partial charge < -0.3 is 9.64 Å². The maximum atomic E-state index is 12.5.